The minimum Gasteiger partial charge on any atom is -0.433 e. The molecule has 0 saturated heterocycles. The Kier molecular flexibility index (Phi) is 13.8. The Labute approximate surface area is 200 Å². The maximum atomic E-state index is 13.0. The highest BCUT2D eigenvalue weighted by Gasteiger charge is 2.30. The fourth-order valence-corrected chi connectivity index (χ4v) is 3.14. The van der Waals surface area contributed by atoms with Crippen LogP contribution in [-0.2, 0) is 4.74 Å². The predicted octanol–water partition coefficient (Wildman–Crippen LogP) is 6.59. The summed E-state index contributed by atoms with van der Waals surface area (Å²) in [5, 5.41) is 0. The van der Waals surface area contributed by atoms with E-state index in [-0.39, 0.29) is 24.2 Å². The van der Waals surface area contributed by atoms with Crippen LogP contribution in [0.2, 0.25) is 0 Å². The van der Waals surface area contributed by atoms with Gasteiger partial charge in [0.1, 0.15) is 0 Å². The maximum absolute atomic E-state index is 13.0. The van der Waals surface area contributed by atoms with Gasteiger partial charge >= 0.3 is 12.1 Å². The van der Waals surface area contributed by atoms with E-state index >= 15 is 0 Å². The van der Waals surface area contributed by atoms with Gasteiger partial charge in [-0.05, 0) is 41.5 Å². The molecule has 1 aromatic heterocycles. The van der Waals surface area contributed by atoms with Crippen molar-refractivity contribution in [2.75, 3.05) is 7.05 Å². The van der Waals surface area contributed by atoms with Crippen LogP contribution in [0.1, 0.15) is 86.7 Å². The smallest absolute Gasteiger partial charge is 0.411 e. The van der Waals surface area contributed by atoms with E-state index in [1.807, 2.05) is 99.6 Å². The average Bonchev–Trinajstić information content (AvgIpc) is 3.28. The number of amides is 2. The van der Waals surface area contributed by atoms with Crippen LogP contribution < -0.4 is 0 Å². The van der Waals surface area contributed by atoms with E-state index in [0.29, 0.717) is 5.82 Å². The molecule has 2 rings (SSSR count). The van der Waals surface area contributed by atoms with Gasteiger partial charge in [-0.3, -0.25) is 4.57 Å². The lowest BCUT2D eigenvalue weighted by molar-refractivity contribution is 0.0541. The highest BCUT2D eigenvalue weighted by atomic mass is 16.6. The van der Waals surface area contributed by atoms with Gasteiger partial charge in [-0.2, -0.15) is 0 Å². The number of carbonyl (C=O) groups excluding carboxylic acids is 2. The molecule has 0 aliphatic rings. The molecular formula is C26H44N4O3. The largest absolute Gasteiger partial charge is 0.433 e. The molecule has 2 aromatic rings. The number of benzene rings is 1. The lowest BCUT2D eigenvalue weighted by atomic mass is 10.1. The SMILES string of the molecule is CC.CC.CC(C)N(C)C(=O)n1ccnc1C(OC(=O)N(C(C)C)C(C)C)c1ccccc1. The van der Waals surface area contributed by atoms with Crippen molar-refractivity contribution < 1.29 is 14.3 Å². The van der Waals surface area contributed by atoms with Gasteiger partial charge in [-0.15, -0.1) is 0 Å². The van der Waals surface area contributed by atoms with Crippen molar-refractivity contribution in [2.24, 2.45) is 0 Å². The molecule has 2 amide bonds. The highest BCUT2D eigenvalue weighted by Crippen LogP contribution is 2.27. The number of rotatable bonds is 6. The fraction of sp³-hybridized carbons (Fsp3) is 0.577. The molecule has 0 saturated carbocycles. The first kappa shape index (κ1) is 30.2. The van der Waals surface area contributed by atoms with Crippen molar-refractivity contribution >= 4 is 12.1 Å². The van der Waals surface area contributed by atoms with Crippen molar-refractivity contribution in [3.63, 3.8) is 0 Å². The van der Waals surface area contributed by atoms with Gasteiger partial charge in [0.2, 0.25) is 0 Å². The summed E-state index contributed by atoms with van der Waals surface area (Å²) in [6.45, 7) is 19.7. The maximum Gasteiger partial charge on any atom is 0.411 e. The Morgan fingerprint density at radius 2 is 1.39 bits per heavy atom. The molecule has 0 radical (unpaired) electrons. The van der Waals surface area contributed by atoms with Crippen LogP contribution in [0.25, 0.3) is 0 Å². The molecule has 7 nitrogen and oxygen atoms in total. The summed E-state index contributed by atoms with van der Waals surface area (Å²) in [4.78, 5) is 33.6. The lowest BCUT2D eigenvalue weighted by Crippen LogP contribution is -2.43. The molecular weight excluding hydrogens is 416 g/mol. The topological polar surface area (TPSA) is 67.7 Å². The summed E-state index contributed by atoms with van der Waals surface area (Å²) >= 11 is 0. The van der Waals surface area contributed by atoms with Gasteiger partial charge in [0, 0.05) is 43.1 Å². The quantitative estimate of drug-likeness (QED) is 0.488. The zero-order valence-electron chi connectivity index (χ0n) is 22.4. The van der Waals surface area contributed by atoms with Gasteiger partial charge in [0.15, 0.2) is 11.9 Å². The van der Waals surface area contributed by atoms with Crippen LogP contribution in [0.5, 0.6) is 0 Å². The standard InChI is InChI=1S/C22H32N4O3.2C2H6/c1-15(2)24(7)21(27)25-14-13-23-20(25)19(18-11-9-8-10-12-18)29-22(28)26(16(3)4)17(5)6;2*1-2/h8-17,19H,1-7H3;2*1-2H3. The first-order valence-corrected chi connectivity index (χ1v) is 12.0. The first-order valence-electron chi connectivity index (χ1n) is 12.0. The van der Waals surface area contributed by atoms with Crippen molar-refractivity contribution in [3.8, 4) is 0 Å². The van der Waals surface area contributed by atoms with Crippen LogP contribution in [0.3, 0.4) is 0 Å². The second kappa shape index (κ2) is 15.1. The van der Waals surface area contributed by atoms with E-state index in [1.165, 1.54) is 4.57 Å². The molecule has 0 N–H and O–H groups in total. The fourth-order valence-electron chi connectivity index (χ4n) is 3.14. The number of ether oxygens (including phenoxy) is 1. The molecule has 1 atom stereocenters. The number of aromatic nitrogens is 2. The number of hydrogen-bond acceptors (Lipinski definition) is 4. The van der Waals surface area contributed by atoms with Gasteiger partial charge in [0.25, 0.3) is 0 Å². The van der Waals surface area contributed by atoms with Crippen LogP contribution >= 0.6 is 0 Å². The van der Waals surface area contributed by atoms with Crippen molar-refractivity contribution in [2.45, 2.75) is 93.5 Å². The summed E-state index contributed by atoms with van der Waals surface area (Å²) in [6, 6.07) is 9.11. The molecule has 1 aromatic carbocycles. The Bertz CT molecular complexity index is 808. The Morgan fingerprint density at radius 1 is 0.879 bits per heavy atom. The third-order valence-electron chi connectivity index (χ3n) is 4.83. The Balaban J connectivity index is 0.00000242. The van der Waals surface area contributed by atoms with E-state index in [1.54, 1.807) is 29.2 Å². The van der Waals surface area contributed by atoms with Crippen molar-refractivity contribution in [1.29, 1.82) is 0 Å². The van der Waals surface area contributed by atoms with Gasteiger partial charge in [-0.25, -0.2) is 14.6 Å². The highest BCUT2D eigenvalue weighted by molar-refractivity contribution is 5.78. The number of imidazole rings is 1. The van der Waals surface area contributed by atoms with Gasteiger partial charge in [-0.1, -0.05) is 58.0 Å². The van der Waals surface area contributed by atoms with Gasteiger partial charge in [0.05, 0.1) is 0 Å². The van der Waals surface area contributed by atoms with Gasteiger partial charge < -0.3 is 14.5 Å². The molecule has 0 fully saturated rings. The zero-order chi connectivity index (χ0) is 25.7. The molecule has 33 heavy (non-hydrogen) atoms. The minimum atomic E-state index is -0.803. The molecule has 7 heteroatoms. The molecule has 186 valence electrons. The summed E-state index contributed by atoms with van der Waals surface area (Å²) in [5.41, 5.74) is 0.751. The number of hydrogen-bond donors (Lipinski definition) is 0. The van der Waals surface area contributed by atoms with Crippen molar-refractivity contribution in [3.05, 3.63) is 54.1 Å². The van der Waals surface area contributed by atoms with E-state index in [4.69, 9.17) is 4.74 Å². The minimum absolute atomic E-state index is 0.0209. The summed E-state index contributed by atoms with van der Waals surface area (Å²) < 4.78 is 7.37. The zero-order valence-corrected chi connectivity index (χ0v) is 22.4. The second-order valence-corrected chi connectivity index (χ2v) is 7.91. The average molecular weight is 461 g/mol. The van der Waals surface area contributed by atoms with Crippen LogP contribution in [0.15, 0.2) is 42.7 Å². The molecule has 0 spiro atoms. The first-order chi connectivity index (χ1) is 15.6. The van der Waals surface area contributed by atoms with Crippen LogP contribution in [0.4, 0.5) is 9.59 Å². The Hall–Kier alpha value is -2.83. The molecule has 0 aliphatic heterocycles. The molecule has 0 aliphatic carbocycles. The van der Waals surface area contributed by atoms with Crippen LogP contribution in [0, 0.1) is 0 Å². The number of carbonyl (C=O) groups is 2. The third kappa shape index (κ3) is 8.22. The predicted molar refractivity (Wildman–Crippen MR) is 135 cm³/mol. The van der Waals surface area contributed by atoms with Crippen molar-refractivity contribution in [1.82, 2.24) is 19.4 Å². The monoisotopic (exact) mass is 460 g/mol. The van der Waals surface area contributed by atoms with Crippen LogP contribution in [-0.4, -0.2) is 56.6 Å². The molecule has 0 bridgehead atoms. The van der Waals surface area contributed by atoms with E-state index in [9.17, 15) is 9.59 Å². The summed E-state index contributed by atoms with van der Waals surface area (Å²) in [6.07, 6.45) is 1.91. The van der Waals surface area contributed by atoms with E-state index < -0.39 is 12.2 Å². The third-order valence-corrected chi connectivity index (χ3v) is 4.83. The second-order valence-electron chi connectivity index (χ2n) is 7.91. The van der Waals surface area contributed by atoms with E-state index in [2.05, 4.69) is 4.98 Å². The molecule has 1 heterocycles. The molecule has 1 unspecified atom stereocenters. The summed E-state index contributed by atoms with van der Waals surface area (Å²) in [5.74, 6) is 0.370. The normalized spacial score (nSPS) is 11.2. The lowest BCUT2D eigenvalue weighted by Gasteiger charge is -2.32. The number of nitrogens with zero attached hydrogens (tertiary/aromatic N) is 4. The Morgan fingerprint density at radius 3 is 1.85 bits per heavy atom. The van der Waals surface area contributed by atoms with E-state index in [0.717, 1.165) is 5.56 Å². The summed E-state index contributed by atoms with van der Waals surface area (Å²) in [7, 11) is 1.74.